The van der Waals surface area contributed by atoms with E-state index in [2.05, 4.69) is 20.5 Å². The highest BCUT2D eigenvalue weighted by Crippen LogP contribution is 2.25. The molecule has 1 atom stereocenters. The highest BCUT2D eigenvalue weighted by atomic mass is 32.2. The number of aromatic nitrogens is 2. The molecule has 2 aromatic carbocycles. The van der Waals surface area contributed by atoms with Gasteiger partial charge in [0.25, 0.3) is 0 Å². The Morgan fingerprint density at radius 2 is 1.72 bits per heavy atom. The molecule has 0 bridgehead atoms. The molecule has 0 unspecified atom stereocenters. The lowest BCUT2D eigenvalue weighted by Gasteiger charge is -2.34. The van der Waals surface area contributed by atoms with Crippen LogP contribution in [0.2, 0.25) is 0 Å². The van der Waals surface area contributed by atoms with Crippen molar-refractivity contribution < 1.29 is 17.9 Å². The second kappa shape index (κ2) is 11.0. The van der Waals surface area contributed by atoms with Crippen LogP contribution >= 0.6 is 0 Å². The number of hydrogen-bond donors (Lipinski definition) is 2. The number of morpholine rings is 1. The zero-order valence-electron chi connectivity index (χ0n) is 20.6. The molecular formula is C26H31N5O4S. The van der Waals surface area contributed by atoms with Gasteiger partial charge in [-0.1, -0.05) is 18.2 Å². The largest absolute Gasteiger partial charge is 0.377 e. The van der Waals surface area contributed by atoms with E-state index in [9.17, 15) is 13.2 Å². The van der Waals surface area contributed by atoms with E-state index >= 15 is 0 Å². The fourth-order valence-corrected chi connectivity index (χ4v) is 4.68. The number of nitrogens with one attached hydrogen (secondary N) is 2. The molecular weight excluding hydrogens is 478 g/mol. The Kier molecular flexibility index (Phi) is 7.85. The highest BCUT2D eigenvalue weighted by Gasteiger charge is 2.24. The Morgan fingerprint density at radius 1 is 1.06 bits per heavy atom. The number of rotatable bonds is 7. The number of ether oxygens (including phenoxy) is 1. The molecule has 0 aliphatic carbocycles. The van der Waals surface area contributed by atoms with Gasteiger partial charge in [-0.25, -0.2) is 23.2 Å². The summed E-state index contributed by atoms with van der Waals surface area (Å²) in [4.78, 5) is 23.8. The van der Waals surface area contributed by atoms with Gasteiger partial charge in [-0.15, -0.1) is 0 Å². The summed E-state index contributed by atoms with van der Waals surface area (Å²) in [6.45, 7) is 7.20. The molecule has 2 heterocycles. The first-order valence-corrected chi connectivity index (χ1v) is 13.6. The second-order valence-electron chi connectivity index (χ2n) is 9.04. The van der Waals surface area contributed by atoms with Crippen LogP contribution in [0.25, 0.3) is 11.4 Å². The molecule has 9 nitrogen and oxygen atoms in total. The van der Waals surface area contributed by atoms with Crippen molar-refractivity contribution in [2.75, 3.05) is 35.3 Å². The Labute approximate surface area is 211 Å². The maximum Gasteiger partial charge on any atom is 0.323 e. The van der Waals surface area contributed by atoms with Crippen molar-refractivity contribution in [1.29, 1.82) is 0 Å². The lowest BCUT2D eigenvalue weighted by atomic mass is 10.2. The van der Waals surface area contributed by atoms with Crippen LogP contribution in [0.3, 0.4) is 0 Å². The maximum absolute atomic E-state index is 12.6. The summed E-state index contributed by atoms with van der Waals surface area (Å²) in [5.41, 5.74) is 2.47. The van der Waals surface area contributed by atoms with Crippen molar-refractivity contribution in [3.63, 3.8) is 0 Å². The molecule has 10 heteroatoms. The van der Waals surface area contributed by atoms with Crippen LogP contribution in [0.4, 0.5) is 22.0 Å². The zero-order valence-corrected chi connectivity index (χ0v) is 21.5. The Morgan fingerprint density at radius 3 is 2.36 bits per heavy atom. The summed E-state index contributed by atoms with van der Waals surface area (Å²) in [5.74, 6) is 0.945. The van der Waals surface area contributed by atoms with Crippen molar-refractivity contribution >= 4 is 33.1 Å². The normalized spacial score (nSPS) is 16.1. The third kappa shape index (κ3) is 6.38. The molecule has 4 rings (SSSR count). The number of carbonyl (C=O) groups is 1. The van der Waals surface area contributed by atoms with E-state index in [-0.39, 0.29) is 17.8 Å². The molecule has 1 aromatic heterocycles. The molecule has 36 heavy (non-hydrogen) atoms. The van der Waals surface area contributed by atoms with Crippen LogP contribution in [0.1, 0.15) is 26.5 Å². The Bertz CT molecular complexity index is 1300. The third-order valence-corrected chi connectivity index (χ3v) is 8.06. The number of urea groups is 1. The van der Waals surface area contributed by atoms with Gasteiger partial charge in [0.2, 0.25) is 0 Å². The monoisotopic (exact) mass is 509 g/mol. The minimum atomic E-state index is -3.35. The molecule has 0 saturated carbocycles. The maximum atomic E-state index is 12.6. The number of carbonyl (C=O) groups excluding carboxylic acids is 1. The molecule has 0 spiro atoms. The van der Waals surface area contributed by atoms with E-state index in [4.69, 9.17) is 9.72 Å². The molecule has 190 valence electrons. The standard InChI is InChI=1S/C26H31N5O4S/c1-18(2)36(33,34)17-23-15-24(31-13-14-35-16-19(31)3)30-25(27-23)20-9-11-22(12-10-20)29-26(32)28-21-7-5-4-6-8-21/h4-12,15,18-19H,13-14,16-17H2,1-3H3,(H2,28,29,32)/t19-/m0/s1. The Balaban J connectivity index is 1.58. The van der Waals surface area contributed by atoms with E-state index in [0.717, 1.165) is 5.56 Å². The van der Waals surface area contributed by atoms with E-state index in [1.165, 1.54) is 0 Å². The molecule has 1 aliphatic heterocycles. The van der Waals surface area contributed by atoms with Crippen molar-refractivity contribution in [1.82, 2.24) is 9.97 Å². The second-order valence-corrected chi connectivity index (χ2v) is 11.6. The van der Waals surface area contributed by atoms with E-state index in [1.54, 1.807) is 56.3 Å². The summed E-state index contributed by atoms with van der Waals surface area (Å²) in [7, 11) is -3.35. The van der Waals surface area contributed by atoms with Gasteiger partial charge in [-0.3, -0.25) is 0 Å². The molecule has 3 aromatic rings. The van der Waals surface area contributed by atoms with Crippen molar-refractivity contribution in [2.24, 2.45) is 0 Å². The van der Waals surface area contributed by atoms with Crippen LogP contribution in [0.15, 0.2) is 60.7 Å². The molecule has 2 N–H and O–H groups in total. The Hall–Kier alpha value is -3.50. The summed E-state index contributed by atoms with van der Waals surface area (Å²) >= 11 is 0. The third-order valence-electron chi connectivity index (χ3n) is 5.93. The number of anilines is 3. The number of nitrogens with zero attached hydrogens (tertiary/aromatic N) is 3. The van der Waals surface area contributed by atoms with Crippen molar-refractivity contribution in [3.8, 4) is 11.4 Å². The number of para-hydroxylation sites is 1. The van der Waals surface area contributed by atoms with Gasteiger partial charge < -0.3 is 20.3 Å². The van der Waals surface area contributed by atoms with Crippen LogP contribution in [-0.2, 0) is 20.3 Å². The lowest BCUT2D eigenvalue weighted by Crippen LogP contribution is -2.44. The fourth-order valence-electron chi connectivity index (χ4n) is 3.79. The van der Waals surface area contributed by atoms with Gasteiger partial charge in [0.15, 0.2) is 15.7 Å². The molecule has 1 fully saturated rings. The summed E-state index contributed by atoms with van der Waals surface area (Å²) < 4.78 is 30.8. The predicted octanol–water partition coefficient (Wildman–Crippen LogP) is 4.34. The lowest BCUT2D eigenvalue weighted by molar-refractivity contribution is 0.0985. The van der Waals surface area contributed by atoms with Crippen molar-refractivity contribution in [3.05, 3.63) is 66.4 Å². The number of hydrogen-bond acceptors (Lipinski definition) is 7. The smallest absolute Gasteiger partial charge is 0.323 e. The molecule has 1 aliphatic rings. The molecule has 2 amide bonds. The van der Waals surface area contributed by atoms with E-state index in [1.807, 2.05) is 25.1 Å². The predicted molar refractivity (Wildman–Crippen MR) is 142 cm³/mol. The average Bonchev–Trinajstić information content (AvgIpc) is 2.85. The quantitative estimate of drug-likeness (QED) is 0.487. The van der Waals surface area contributed by atoms with Gasteiger partial charge in [-0.05, 0) is 57.2 Å². The van der Waals surface area contributed by atoms with Crippen LogP contribution in [0.5, 0.6) is 0 Å². The average molecular weight is 510 g/mol. The van der Waals surface area contributed by atoms with Gasteiger partial charge in [0.1, 0.15) is 5.82 Å². The summed E-state index contributed by atoms with van der Waals surface area (Å²) in [5, 5.41) is 5.07. The molecule has 1 saturated heterocycles. The van der Waals surface area contributed by atoms with Gasteiger partial charge in [0, 0.05) is 29.5 Å². The first kappa shape index (κ1) is 25.6. The first-order valence-electron chi connectivity index (χ1n) is 11.9. The fraction of sp³-hybridized carbons (Fsp3) is 0.346. The van der Waals surface area contributed by atoms with Gasteiger partial charge in [0.05, 0.1) is 36.0 Å². The van der Waals surface area contributed by atoms with Crippen LogP contribution < -0.4 is 15.5 Å². The zero-order chi connectivity index (χ0) is 25.7. The van der Waals surface area contributed by atoms with Crippen LogP contribution in [0, 0.1) is 0 Å². The number of sulfone groups is 1. The van der Waals surface area contributed by atoms with Crippen LogP contribution in [-0.4, -0.2) is 55.5 Å². The topological polar surface area (TPSA) is 114 Å². The molecule has 0 radical (unpaired) electrons. The van der Waals surface area contributed by atoms with Crippen molar-refractivity contribution in [2.45, 2.75) is 37.8 Å². The number of benzene rings is 2. The minimum Gasteiger partial charge on any atom is -0.377 e. The van der Waals surface area contributed by atoms with E-state index < -0.39 is 15.1 Å². The summed E-state index contributed by atoms with van der Waals surface area (Å²) in [6.07, 6.45) is 0. The van der Waals surface area contributed by atoms with Gasteiger partial charge in [-0.2, -0.15) is 0 Å². The SMILES string of the molecule is CC(C)S(=O)(=O)Cc1cc(N2CCOC[C@@H]2C)nc(-c2ccc(NC(=O)Nc3ccccc3)cc2)n1. The van der Waals surface area contributed by atoms with E-state index in [0.29, 0.717) is 48.5 Å². The first-order chi connectivity index (χ1) is 17.2. The summed E-state index contributed by atoms with van der Waals surface area (Å²) in [6, 6.07) is 17.8. The minimum absolute atomic E-state index is 0.103. The van der Waals surface area contributed by atoms with Gasteiger partial charge >= 0.3 is 6.03 Å². The highest BCUT2D eigenvalue weighted by molar-refractivity contribution is 7.91. The number of amides is 2.